The number of benzene rings is 1. The summed E-state index contributed by atoms with van der Waals surface area (Å²) in [6.07, 6.45) is -6.37. The van der Waals surface area contributed by atoms with Crippen molar-refractivity contribution in [3.8, 4) is 0 Å². The van der Waals surface area contributed by atoms with E-state index in [0.717, 1.165) is 13.1 Å². The number of allylic oxidation sites excluding steroid dienone is 3. The zero-order valence-electron chi connectivity index (χ0n) is 21.9. The van der Waals surface area contributed by atoms with Crippen molar-refractivity contribution >= 4 is 50.3 Å². The number of carbonyl (C=O) groups excluding carboxylic acids is 1. The molecule has 5 nitrogen and oxygen atoms in total. The zero-order valence-corrected chi connectivity index (χ0v) is 25.0. The van der Waals surface area contributed by atoms with E-state index in [1.165, 1.54) is 13.8 Å². The second-order valence-electron chi connectivity index (χ2n) is 9.47. The highest BCUT2D eigenvalue weighted by atomic mass is 35.5. The van der Waals surface area contributed by atoms with Gasteiger partial charge in [0.1, 0.15) is 16.0 Å². The van der Waals surface area contributed by atoms with E-state index < -0.39 is 109 Å². The fraction of sp³-hybridized carbons (Fsp3) is 0.417. The lowest BCUT2D eigenvalue weighted by Gasteiger charge is -2.10. The molecule has 0 bridgehead atoms. The first-order chi connectivity index (χ1) is 19.5. The summed E-state index contributed by atoms with van der Waals surface area (Å²) in [5.74, 6) is -12.2. The lowest BCUT2D eigenvalue weighted by Crippen LogP contribution is -2.14. The van der Waals surface area contributed by atoms with E-state index in [1.54, 1.807) is 0 Å². The van der Waals surface area contributed by atoms with Crippen molar-refractivity contribution in [3.05, 3.63) is 67.9 Å². The van der Waals surface area contributed by atoms with E-state index in [2.05, 4.69) is 4.98 Å². The number of aromatic nitrogens is 1. The molecule has 0 amide bonds. The molecular weight excluding hydrogens is 691 g/mol. The number of nitrogens with zero attached hydrogens (tertiary/aromatic N) is 1. The van der Waals surface area contributed by atoms with Gasteiger partial charge in [0.15, 0.2) is 29.1 Å². The molecule has 0 N–H and O–H groups in total. The highest BCUT2D eigenvalue weighted by Crippen LogP contribution is 2.60. The molecule has 0 aliphatic heterocycles. The van der Waals surface area contributed by atoms with Gasteiger partial charge in [-0.1, -0.05) is 54.5 Å². The number of rotatable bonds is 8. The van der Waals surface area contributed by atoms with Crippen LogP contribution in [0.25, 0.3) is 0 Å². The Labute approximate surface area is 252 Å². The lowest BCUT2D eigenvalue weighted by molar-refractivity contribution is -0.147. The first-order valence-corrected chi connectivity index (χ1v) is 14.7. The molecule has 2 atom stereocenters. The molecule has 3 rings (SSSR count). The average molecular weight is 710 g/mol. The van der Waals surface area contributed by atoms with Gasteiger partial charge in [-0.25, -0.2) is 35.4 Å². The molecule has 2 unspecified atom stereocenters. The standard InChI is InChI=1S/C17H14ClF7O2.C7H5ClF3NO2S2/c1-6-11(19)13(21)7(14(22)12(6)20)5-27-15(26)10-8(16(10,2)3)4-9(18)17(23,24)25;8-5-3-12-7(15-5)16(13,14)2-1-4(9)6(10)11/h4,8,10H,5H2,1-3H3;3H,1-2H2/b9-4-;. The molecule has 0 radical (unpaired) electrons. The van der Waals surface area contributed by atoms with Gasteiger partial charge in [-0.2, -0.15) is 22.0 Å². The summed E-state index contributed by atoms with van der Waals surface area (Å²) in [6, 6.07) is 0. The SMILES string of the molecule is Cc1c(F)c(F)c(COC(=O)C2C(/C=C(\Cl)C(F)(F)F)C2(C)C)c(F)c1F.O=S(=O)(CCC(F)=C(F)F)c1ncc(Cl)s1. The van der Waals surface area contributed by atoms with Crippen molar-refractivity contribution in [2.45, 2.75) is 44.3 Å². The fourth-order valence-corrected chi connectivity index (χ4v) is 6.41. The number of hydrogen-bond donors (Lipinski definition) is 0. The van der Waals surface area contributed by atoms with Crippen LogP contribution in [0.3, 0.4) is 0 Å². The highest BCUT2D eigenvalue weighted by molar-refractivity contribution is 7.93. The van der Waals surface area contributed by atoms with Gasteiger partial charge in [0.05, 0.1) is 23.4 Å². The number of halogens is 12. The molecule has 1 heterocycles. The van der Waals surface area contributed by atoms with Crippen molar-refractivity contribution in [3.63, 3.8) is 0 Å². The van der Waals surface area contributed by atoms with Crippen molar-refractivity contribution < 1.29 is 61.9 Å². The Bertz CT molecular complexity index is 1520. The number of thiazole rings is 1. The van der Waals surface area contributed by atoms with Crippen LogP contribution in [0.15, 0.2) is 33.6 Å². The molecule has 1 aliphatic carbocycles. The van der Waals surface area contributed by atoms with Crippen LogP contribution in [0.2, 0.25) is 4.34 Å². The molecule has 1 aromatic carbocycles. The summed E-state index contributed by atoms with van der Waals surface area (Å²) < 4.78 is 155. The molecule has 240 valence electrons. The first-order valence-electron chi connectivity index (χ1n) is 11.5. The summed E-state index contributed by atoms with van der Waals surface area (Å²) in [7, 11) is -3.85. The van der Waals surface area contributed by atoms with Crippen LogP contribution in [0.1, 0.15) is 31.4 Å². The number of sulfone groups is 1. The van der Waals surface area contributed by atoms with E-state index >= 15 is 0 Å². The van der Waals surface area contributed by atoms with Crippen molar-refractivity contribution in [2.75, 3.05) is 5.75 Å². The van der Waals surface area contributed by atoms with E-state index in [-0.39, 0.29) is 8.68 Å². The number of esters is 1. The summed E-state index contributed by atoms with van der Waals surface area (Å²) in [5, 5.41) is -1.41. The molecule has 1 aromatic heterocycles. The number of ether oxygens (including phenoxy) is 1. The molecule has 1 aliphatic rings. The third-order valence-corrected chi connectivity index (χ3v) is 9.85. The third kappa shape index (κ3) is 8.85. The Hall–Kier alpha value is -2.37. The van der Waals surface area contributed by atoms with Gasteiger partial charge in [-0.3, -0.25) is 4.79 Å². The number of carbonyl (C=O) groups is 1. The van der Waals surface area contributed by atoms with Gasteiger partial charge in [0.2, 0.25) is 14.2 Å². The third-order valence-electron chi connectivity index (χ3n) is 6.21. The molecule has 2 aromatic rings. The number of hydrogen-bond acceptors (Lipinski definition) is 6. The normalized spacial score (nSPS) is 18.1. The Kier molecular flexibility index (Phi) is 11.8. The minimum atomic E-state index is -4.78. The van der Waals surface area contributed by atoms with E-state index in [4.69, 9.17) is 27.9 Å². The van der Waals surface area contributed by atoms with Gasteiger partial charge in [-0.15, -0.1) is 0 Å². The maximum atomic E-state index is 13.8. The van der Waals surface area contributed by atoms with Crippen LogP contribution in [-0.2, 0) is 26.0 Å². The minimum absolute atomic E-state index is 0.159. The predicted octanol–water partition coefficient (Wildman–Crippen LogP) is 8.59. The largest absolute Gasteiger partial charge is 0.460 e. The van der Waals surface area contributed by atoms with Gasteiger partial charge < -0.3 is 4.74 Å². The molecular formula is C24H19Cl2F10NO4S2. The van der Waals surface area contributed by atoms with Crippen LogP contribution < -0.4 is 0 Å². The quantitative estimate of drug-likeness (QED) is 0.156. The minimum Gasteiger partial charge on any atom is -0.460 e. The highest BCUT2D eigenvalue weighted by Gasteiger charge is 2.62. The van der Waals surface area contributed by atoms with Crippen LogP contribution >= 0.6 is 34.5 Å². The second kappa shape index (κ2) is 13.7. The van der Waals surface area contributed by atoms with Crippen LogP contribution in [0, 0.1) is 47.4 Å². The van der Waals surface area contributed by atoms with Gasteiger partial charge in [0.25, 0.3) is 0 Å². The van der Waals surface area contributed by atoms with Crippen molar-refractivity contribution in [2.24, 2.45) is 17.3 Å². The molecule has 19 heteroatoms. The topological polar surface area (TPSA) is 73.3 Å². The van der Waals surface area contributed by atoms with E-state index in [0.29, 0.717) is 17.4 Å². The Morgan fingerprint density at radius 1 is 1.09 bits per heavy atom. The van der Waals surface area contributed by atoms with Crippen molar-refractivity contribution in [1.82, 2.24) is 4.98 Å². The first kappa shape index (κ1) is 36.8. The van der Waals surface area contributed by atoms with E-state index in [1.807, 2.05) is 0 Å². The lowest BCUT2D eigenvalue weighted by atomic mass is 10.1. The zero-order chi connectivity index (χ0) is 33.2. The maximum Gasteiger partial charge on any atom is 0.426 e. The van der Waals surface area contributed by atoms with Crippen molar-refractivity contribution in [1.29, 1.82) is 0 Å². The van der Waals surface area contributed by atoms with Gasteiger partial charge in [-0.05, 0) is 18.3 Å². The second-order valence-corrected chi connectivity index (χ2v) is 13.8. The molecule has 0 saturated heterocycles. The predicted molar refractivity (Wildman–Crippen MR) is 136 cm³/mol. The maximum absolute atomic E-state index is 13.8. The Balaban J connectivity index is 0.000000344. The summed E-state index contributed by atoms with van der Waals surface area (Å²) >= 11 is 11.3. The summed E-state index contributed by atoms with van der Waals surface area (Å²) in [4.78, 5) is 15.6. The molecule has 0 spiro atoms. The molecule has 43 heavy (non-hydrogen) atoms. The van der Waals surface area contributed by atoms with Crippen LogP contribution in [0.4, 0.5) is 43.9 Å². The Morgan fingerprint density at radius 3 is 2.07 bits per heavy atom. The van der Waals surface area contributed by atoms with Crippen LogP contribution in [0.5, 0.6) is 0 Å². The van der Waals surface area contributed by atoms with Gasteiger partial charge in [0, 0.05) is 12.0 Å². The summed E-state index contributed by atoms with van der Waals surface area (Å²) in [5.41, 5.74) is -2.93. The van der Waals surface area contributed by atoms with Gasteiger partial charge >= 0.3 is 18.2 Å². The molecule has 1 fully saturated rings. The Morgan fingerprint density at radius 2 is 1.63 bits per heavy atom. The smallest absolute Gasteiger partial charge is 0.426 e. The van der Waals surface area contributed by atoms with Crippen LogP contribution in [-0.4, -0.2) is 31.3 Å². The average Bonchev–Trinajstić information content (AvgIpc) is 3.19. The fourth-order valence-electron chi connectivity index (χ4n) is 3.63. The number of alkyl halides is 3. The summed E-state index contributed by atoms with van der Waals surface area (Å²) in [6.45, 7) is 2.68. The molecule has 1 saturated carbocycles. The monoisotopic (exact) mass is 709 g/mol. The van der Waals surface area contributed by atoms with E-state index in [9.17, 15) is 57.1 Å².